The lowest BCUT2D eigenvalue weighted by atomic mass is 9.98. The number of likely N-dealkylation sites (tertiary alicyclic amines) is 1. The van der Waals surface area contributed by atoms with Crippen molar-refractivity contribution in [2.24, 2.45) is 5.92 Å². The number of ether oxygens (including phenoxy) is 4. The third kappa shape index (κ3) is 6.67. The first kappa shape index (κ1) is 26.5. The van der Waals surface area contributed by atoms with Crippen molar-refractivity contribution < 1.29 is 33.0 Å². The number of esters is 1. The minimum atomic E-state index is -0.278. The number of hydrogen-bond donors (Lipinski definition) is 0. The summed E-state index contributed by atoms with van der Waals surface area (Å²) < 4.78 is 27.7. The number of furan rings is 1. The number of carbonyl (C=O) groups is 2. The van der Waals surface area contributed by atoms with E-state index in [0.29, 0.717) is 38.5 Å². The zero-order valence-corrected chi connectivity index (χ0v) is 22.1. The highest BCUT2D eigenvalue weighted by Crippen LogP contribution is 2.33. The smallest absolute Gasteiger partial charge is 0.310 e. The van der Waals surface area contributed by atoms with E-state index < -0.39 is 0 Å². The molecule has 0 bridgehead atoms. The Morgan fingerprint density at radius 2 is 1.89 bits per heavy atom. The summed E-state index contributed by atoms with van der Waals surface area (Å²) in [7, 11) is 0. The molecule has 4 heterocycles. The molecule has 1 aromatic carbocycles. The molecule has 0 N–H and O–H groups in total. The Balaban J connectivity index is 1.23. The average Bonchev–Trinajstić information content (AvgIpc) is 3.61. The first-order valence-corrected chi connectivity index (χ1v) is 13.5. The Labute approximate surface area is 223 Å². The maximum absolute atomic E-state index is 13.2. The molecule has 10 nitrogen and oxygen atoms in total. The molecule has 0 radical (unpaired) electrons. The van der Waals surface area contributed by atoms with E-state index in [2.05, 4.69) is 15.9 Å². The van der Waals surface area contributed by atoms with Gasteiger partial charge in [-0.3, -0.25) is 19.4 Å². The van der Waals surface area contributed by atoms with E-state index in [0.717, 1.165) is 75.1 Å². The van der Waals surface area contributed by atoms with Crippen molar-refractivity contribution in [3.8, 4) is 11.5 Å². The molecule has 38 heavy (non-hydrogen) atoms. The van der Waals surface area contributed by atoms with Gasteiger partial charge in [-0.2, -0.15) is 0 Å². The van der Waals surface area contributed by atoms with Gasteiger partial charge in [-0.05, 0) is 49.6 Å². The quantitative estimate of drug-likeness (QED) is 0.433. The van der Waals surface area contributed by atoms with Crippen molar-refractivity contribution in [2.75, 3.05) is 65.9 Å². The molecular formula is C28H37N3O7. The van der Waals surface area contributed by atoms with Gasteiger partial charge in [0.05, 0.1) is 32.3 Å². The lowest BCUT2D eigenvalue weighted by Gasteiger charge is -2.31. The summed E-state index contributed by atoms with van der Waals surface area (Å²) in [5, 5.41) is 0. The third-order valence-electron chi connectivity index (χ3n) is 7.26. The van der Waals surface area contributed by atoms with Gasteiger partial charge in [-0.1, -0.05) is 6.07 Å². The molecule has 0 spiro atoms. The second kappa shape index (κ2) is 12.6. The van der Waals surface area contributed by atoms with Crippen molar-refractivity contribution in [3.63, 3.8) is 0 Å². The highest BCUT2D eigenvalue weighted by molar-refractivity contribution is 5.92. The van der Waals surface area contributed by atoms with Crippen LogP contribution in [0.3, 0.4) is 0 Å². The molecule has 2 aromatic rings. The summed E-state index contributed by atoms with van der Waals surface area (Å²) in [6.45, 7) is 9.79. The minimum absolute atomic E-state index is 0.180. The molecular weight excluding hydrogens is 490 g/mol. The Morgan fingerprint density at radius 3 is 2.74 bits per heavy atom. The molecule has 2 saturated heterocycles. The van der Waals surface area contributed by atoms with Crippen LogP contribution in [0.2, 0.25) is 0 Å². The van der Waals surface area contributed by atoms with Crippen molar-refractivity contribution in [1.29, 1.82) is 0 Å². The maximum atomic E-state index is 13.2. The highest BCUT2D eigenvalue weighted by atomic mass is 16.7. The Morgan fingerprint density at radius 1 is 1.05 bits per heavy atom. The van der Waals surface area contributed by atoms with Gasteiger partial charge in [0, 0.05) is 45.8 Å². The molecule has 3 aliphatic heterocycles. The highest BCUT2D eigenvalue weighted by Gasteiger charge is 2.31. The van der Waals surface area contributed by atoms with Gasteiger partial charge >= 0.3 is 5.97 Å². The van der Waals surface area contributed by atoms with Crippen LogP contribution in [0.4, 0.5) is 0 Å². The third-order valence-corrected chi connectivity index (χ3v) is 7.26. The van der Waals surface area contributed by atoms with E-state index in [-0.39, 0.29) is 24.6 Å². The molecule has 5 rings (SSSR count). The molecule has 1 unspecified atom stereocenters. The van der Waals surface area contributed by atoms with Crippen LogP contribution >= 0.6 is 0 Å². The Hall–Kier alpha value is -3.08. The van der Waals surface area contributed by atoms with Crippen LogP contribution in [0, 0.1) is 5.92 Å². The number of morpholine rings is 1. The van der Waals surface area contributed by atoms with Gasteiger partial charge in [0.2, 0.25) is 6.79 Å². The number of carbonyl (C=O) groups excluding carboxylic acids is 2. The van der Waals surface area contributed by atoms with Gasteiger partial charge in [0.15, 0.2) is 17.3 Å². The van der Waals surface area contributed by atoms with Gasteiger partial charge in [0.1, 0.15) is 5.76 Å². The fourth-order valence-electron chi connectivity index (χ4n) is 5.19. The van der Waals surface area contributed by atoms with E-state index in [1.165, 1.54) is 0 Å². The minimum Gasteiger partial charge on any atom is -0.466 e. The molecule has 0 saturated carbocycles. The van der Waals surface area contributed by atoms with E-state index in [9.17, 15) is 9.59 Å². The standard InChI is InChI=1S/C28H37N3O7/c1-2-35-28(33)22-4-3-9-31(18-22)27(32)25-8-6-23(38-25)19-30(11-10-29-12-14-34-15-13-29)17-21-5-7-24-26(16-21)37-20-36-24/h5-8,16,22H,2-4,9-15,17-20H2,1H3. The Bertz CT molecular complexity index is 1100. The average molecular weight is 528 g/mol. The van der Waals surface area contributed by atoms with Crippen LogP contribution < -0.4 is 9.47 Å². The SMILES string of the molecule is CCOC(=O)C1CCCN(C(=O)c2ccc(CN(CCN3CCOCC3)Cc3ccc4c(c3)OCO4)o2)C1. The predicted octanol–water partition coefficient (Wildman–Crippen LogP) is 2.76. The van der Waals surface area contributed by atoms with Gasteiger partial charge in [0.25, 0.3) is 5.91 Å². The van der Waals surface area contributed by atoms with Crippen LogP contribution in [0.15, 0.2) is 34.7 Å². The number of amides is 1. The van der Waals surface area contributed by atoms with Crippen molar-refractivity contribution in [1.82, 2.24) is 14.7 Å². The number of rotatable bonds is 10. The summed E-state index contributed by atoms with van der Waals surface area (Å²) >= 11 is 0. The molecule has 3 aliphatic rings. The van der Waals surface area contributed by atoms with Crippen molar-refractivity contribution in [3.05, 3.63) is 47.4 Å². The first-order valence-electron chi connectivity index (χ1n) is 13.5. The number of piperidine rings is 1. The van der Waals surface area contributed by atoms with Gasteiger partial charge in [-0.25, -0.2) is 0 Å². The molecule has 1 amide bonds. The van der Waals surface area contributed by atoms with Gasteiger partial charge in [-0.15, -0.1) is 0 Å². The number of hydrogen-bond acceptors (Lipinski definition) is 9. The molecule has 2 fully saturated rings. The summed E-state index contributed by atoms with van der Waals surface area (Å²) in [6, 6.07) is 9.65. The van der Waals surface area contributed by atoms with Crippen LogP contribution in [-0.2, 0) is 27.4 Å². The molecule has 1 atom stereocenters. The summed E-state index contributed by atoms with van der Waals surface area (Å²) in [6.07, 6.45) is 1.51. The monoisotopic (exact) mass is 527 g/mol. The normalized spacial score (nSPS) is 19.6. The number of fused-ring (bicyclic) bond motifs is 1. The zero-order valence-electron chi connectivity index (χ0n) is 22.1. The zero-order chi connectivity index (χ0) is 26.3. The maximum Gasteiger partial charge on any atom is 0.310 e. The largest absolute Gasteiger partial charge is 0.466 e. The van der Waals surface area contributed by atoms with Crippen LogP contribution in [0.1, 0.15) is 41.6 Å². The second-order valence-corrected chi connectivity index (χ2v) is 9.96. The lowest BCUT2D eigenvalue weighted by Crippen LogP contribution is -2.42. The fourth-order valence-corrected chi connectivity index (χ4v) is 5.19. The number of benzene rings is 1. The molecule has 0 aliphatic carbocycles. The second-order valence-electron chi connectivity index (χ2n) is 9.96. The van der Waals surface area contributed by atoms with Crippen LogP contribution in [0.25, 0.3) is 0 Å². The predicted molar refractivity (Wildman–Crippen MR) is 138 cm³/mol. The van der Waals surface area contributed by atoms with E-state index in [1.54, 1.807) is 17.9 Å². The van der Waals surface area contributed by atoms with Crippen LogP contribution in [-0.4, -0.2) is 92.5 Å². The molecule has 206 valence electrons. The van der Waals surface area contributed by atoms with Gasteiger partial charge < -0.3 is 28.3 Å². The van der Waals surface area contributed by atoms with Crippen molar-refractivity contribution in [2.45, 2.75) is 32.9 Å². The first-order chi connectivity index (χ1) is 18.6. The molecule has 10 heteroatoms. The van der Waals surface area contributed by atoms with E-state index in [4.69, 9.17) is 23.4 Å². The fraction of sp³-hybridized carbons (Fsp3) is 0.571. The van der Waals surface area contributed by atoms with Crippen LogP contribution in [0.5, 0.6) is 11.5 Å². The Kier molecular flexibility index (Phi) is 8.83. The van der Waals surface area contributed by atoms with E-state index in [1.807, 2.05) is 18.2 Å². The summed E-state index contributed by atoms with van der Waals surface area (Å²) in [5.74, 6) is 1.88. The molecule has 1 aromatic heterocycles. The summed E-state index contributed by atoms with van der Waals surface area (Å²) in [4.78, 5) is 31.8. The number of nitrogens with zero attached hydrogens (tertiary/aromatic N) is 3. The van der Waals surface area contributed by atoms with Crippen molar-refractivity contribution >= 4 is 11.9 Å². The topological polar surface area (TPSA) is 93.9 Å². The summed E-state index contributed by atoms with van der Waals surface area (Å²) in [5.41, 5.74) is 1.12. The lowest BCUT2D eigenvalue weighted by molar-refractivity contribution is -0.149. The van der Waals surface area contributed by atoms with E-state index >= 15 is 0 Å².